The number of carboxylic acid groups (broad SMARTS) is 1. The first-order chi connectivity index (χ1) is 8.50. The summed E-state index contributed by atoms with van der Waals surface area (Å²) in [6.45, 7) is 5.68. The van der Waals surface area contributed by atoms with E-state index in [1.54, 1.807) is 4.90 Å². The van der Waals surface area contributed by atoms with E-state index in [1.807, 2.05) is 13.8 Å². The highest BCUT2D eigenvalue weighted by molar-refractivity contribution is 5.77. The molecule has 1 atom stereocenters. The zero-order valence-corrected chi connectivity index (χ0v) is 11.2. The summed E-state index contributed by atoms with van der Waals surface area (Å²) in [5, 5.41) is 8.67. The molecule has 1 fully saturated rings. The van der Waals surface area contributed by atoms with E-state index < -0.39 is 5.97 Å². The fourth-order valence-corrected chi connectivity index (χ4v) is 2.17. The van der Waals surface area contributed by atoms with Gasteiger partial charge in [-0.2, -0.15) is 0 Å². The van der Waals surface area contributed by atoms with Crippen molar-refractivity contribution in [1.82, 2.24) is 4.90 Å². The van der Waals surface area contributed by atoms with Gasteiger partial charge in [-0.15, -0.1) is 0 Å². The second-order valence-electron chi connectivity index (χ2n) is 5.09. The number of carbonyl (C=O) groups is 2. The van der Waals surface area contributed by atoms with E-state index in [9.17, 15) is 9.59 Å². The molecule has 1 N–H and O–H groups in total. The normalized spacial score (nSPS) is 19.2. The first-order valence-corrected chi connectivity index (χ1v) is 6.59. The van der Waals surface area contributed by atoms with E-state index in [2.05, 4.69) is 0 Å². The molecule has 0 radical (unpaired) electrons. The van der Waals surface area contributed by atoms with E-state index in [0.717, 1.165) is 26.1 Å². The topological polar surface area (TPSA) is 66.8 Å². The molecule has 0 aliphatic carbocycles. The van der Waals surface area contributed by atoms with E-state index in [-0.39, 0.29) is 18.4 Å². The first kappa shape index (κ1) is 15.0. The van der Waals surface area contributed by atoms with E-state index >= 15 is 0 Å². The molecule has 1 aliphatic heterocycles. The molecule has 0 bridgehead atoms. The second kappa shape index (κ2) is 7.36. The minimum Gasteiger partial charge on any atom is -0.481 e. The molecule has 0 spiro atoms. The predicted octanol–water partition coefficient (Wildman–Crippen LogP) is 1.51. The molecule has 104 valence electrons. The van der Waals surface area contributed by atoms with Crippen LogP contribution in [-0.2, 0) is 14.3 Å². The molecule has 0 saturated carbocycles. The Morgan fingerprint density at radius 1 is 1.39 bits per heavy atom. The number of hydrogen-bond donors (Lipinski definition) is 1. The number of amides is 1. The van der Waals surface area contributed by atoms with Crippen LogP contribution in [0.2, 0.25) is 0 Å². The van der Waals surface area contributed by atoms with Crippen LogP contribution >= 0.6 is 0 Å². The summed E-state index contributed by atoms with van der Waals surface area (Å²) < 4.78 is 5.27. The van der Waals surface area contributed by atoms with E-state index in [0.29, 0.717) is 18.9 Å². The highest BCUT2D eigenvalue weighted by Gasteiger charge is 2.21. The van der Waals surface area contributed by atoms with Crippen molar-refractivity contribution >= 4 is 11.9 Å². The average molecular weight is 257 g/mol. The molecule has 1 amide bonds. The maximum absolute atomic E-state index is 12.0. The number of carbonyl (C=O) groups excluding carboxylic acids is 1. The third-order valence-corrected chi connectivity index (χ3v) is 3.30. The summed E-state index contributed by atoms with van der Waals surface area (Å²) in [5.74, 6) is -0.321. The largest absolute Gasteiger partial charge is 0.481 e. The average Bonchev–Trinajstić information content (AvgIpc) is 2.78. The lowest BCUT2D eigenvalue weighted by atomic mass is 10.0. The number of ether oxygens (including phenoxy) is 1. The van der Waals surface area contributed by atoms with Gasteiger partial charge >= 0.3 is 5.97 Å². The van der Waals surface area contributed by atoms with Gasteiger partial charge in [-0.1, -0.05) is 0 Å². The lowest BCUT2D eigenvalue weighted by Gasteiger charge is -2.26. The lowest BCUT2D eigenvalue weighted by Crippen LogP contribution is -2.38. The molecule has 0 aromatic carbocycles. The van der Waals surface area contributed by atoms with Crippen LogP contribution in [0.25, 0.3) is 0 Å². The number of aliphatic carboxylic acids is 1. The van der Waals surface area contributed by atoms with Crippen LogP contribution in [0.5, 0.6) is 0 Å². The fourth-order valence-electron chi connectivity index (χ4n) is 2.17. The van der Waals surface area contributed by atoms with Gasteiger partial charge in [0.15, 0.2) is 0 Å². The van der Waals surface area contributed by atoms with Crippen LogP contribution in [0.3, 0.4) is 0 Å². The molecule has 5 nitrogen and oxygen atoms in total. The van der Waals surface area contributed by atoms with Crippen molar-refractivity contribution in [3.8, 4) is 0 Å². The smallest absolute Gasteiger partial charge is 0.305 e. The van der Waals surface area contributed by atoms with Gasteiger partial charge in [-0.05, 0) is 32.6 Å². The zero-order chi connectivity index (χ0) is 13.5. The van der Waals surface area contributed by atoms with Gasteiger partial charge in [-0.25, -0.2) is 0 Å². The van der Waals surface area contributed by atoms with Gasteiger partial charge in [0.05, 0.1) is 6.42 Å². The van der Waals surface area contributed by atoms with Crippen LogP contribution in [0.15, 0.2) is 0 Å². The standard InChI is InChI=1S/C13H23NO4/c1-10(2)14(7-5-13(16)17)12(15)4-3-11-6-8-18-9-11/h10-11H,3-9H2,1-2H3,(H,16,17). The van der Waals surface area contributed by atoms with Gasteiger partial charge in [0.25, 0.3) is 0 Å². The number of carboxylic acids is 1. The molecule has 5 heteroatoms. The summed E-state index contributed by atoms with van der Waals surface area (Å²) in [5.41, 5.74) is 0. The maximum atomic E-state index is 12.0. The molecular formula is C13H23NO4. The molecule has 1 aliphatic rings. The number of rotatable bonds is 7. The molecule has 0 aromatic rings. The summed E-state index contributed by atoms with van der Waals surface area (Å²) in [6, 6.07) is 0.0525. The zero-order valence-electron chi connectivity index (χ0n) is 11.2. The van der Waals surface area contributed by atoms with Gasteiger partial charge in [0.1, 0.15) is 0 Å². The number of nitrogens with zero attached hydrogens (tertiary/aromatic N) is 1. The molecule has 1 rings (SSSR count). The Kier molecular flexibility index (Phi) is 6.12. The molecule has 1 saturated heterocycles. The van der Waals surface area contributed by atoms with Crippen molar-refractivity contribution in [2.24, 2.45) is 5.92 Å². The Morgan fingerprint density at radius 3 is 2.61 bits per heavy atom. The first-order valence-electron chi connectivity index (χ1n) is 6.59. The predicted molar refractivity (Wildman–Crippen MR) is 67.3 cm³/mol. The molecule has 1 unspecified atom stereocenters. The minimum absolute atomic E-state index is 0.0104. The monoisotopic (exact) mass is 257 g/mol. The highest BCUT2D eigenvalue weighted by Crippen LogP contribution is 2.19. The fraction of sp³-hybridized carbons (Fsp3) is 0.846. The molecule has 0 aromatic heterocycles. The van der Waals surface area contributed by atoms with E-state index in [1.165, 1.54) is 0 Å². The van der Waals surface area contributed by atoms with Crippen molar-refractivity contribution in [2.75, 3.05) is 19.8 Å². The Balaban J connectivity index is 2.35. The van der Waals surface area contributed by atoms with Crippen molar-refractivity contribution in [3.63, 3.8) is 0 Å². The van der Waals surface area contributed by atoms with Crippen LogP contribution < -0.4 is 0 Å². The maximum Gasteiger partial charge on any atom is 0.305 e. The summed E-state index contributed by atoms with van der Waals surface area (Å²) in [4.78, 5) is 24.3. The molecule has 18 heavy (non-hydrogen) atoms. The van der Waals surface area contributed by atoms with Crippen LogP contribution in [-0.4, -0.2) is 47.7 Å². The third-order valence-electron chi connectivity index (χ3n) is 3.30. The minimum atomic E-state index is -0.863. The SMILES string of the molecule is CC(C)N(CCC(=O)O)C(=O)CCC1CCOC1. The second-order valence-corrected chi connectivity index (χ2v) is 5.09. The van der Waals surface area contributed by atoms with Crippen LogP contribution in [0.1, 0.15) is 39.5 Å². The van der Waals surface area contributed by atoms with Crippen molar-refractivity contribution in [3.05, 3.63) is 0 Å². The molecule has 1 heterocycles. The van der Waals surface area contributed by atoms with Crippen molar-refractivity contribution in [1.29, 1.82) is 0 Å². The van der Waals surface area contributed by atoms with Gasteiger partial charge in [0, 0.05) is 32.2 Å². The van der Waals surface area contributed by atoms with Crippen LogP contribution in [0, 0.1) is 5.92 Å². The number of hydrogen-bond acceptors (Lipinski definition) is 3. The van der Waals surface area contributed by atoms with Gasteiger partial charge in [-0.3, -0.25) is 9.59 Å². The summed E-state index contributed by atoms with van der Waals surface area (Å²) in [6.07, 6.45) is 2.38. The Bertz CT molecular complexity index is 285. The van der Waals surface area contributed by atoms with Crippen molar-refractivity contribution < 1.29 is 19.4 Å². The third kappa shape index (κ3) is 5.04. The summed E-state index contributed by atoms with van der Waals surface area (Å²) >= 11 is 0. The van der Waals surface area contributed by atoms with Gasteiger partial charge in [0.2, 0.25) is 5.91 Å². The lowest BCUT2D eigenvalue weighted by molar-refractivity contribution is -0.139. The van der Waals surface area contributed by atoms with Crippen molar-refractivity contribution in [2.45, 2.75) is 45.6 Å². The van der Waals surface area contributed by atoms with E-state index in [4.69, 9.17) is 9.84 Å². The highest BCUT2D eigenvalue weighted by atomic mass is 16.5. The Labute approximate surface area is 108 Å². The van der Waals surface area contributed by atoms with Crippen LogP contribution in [0.4, 0.5) is 0 Å². The summed E-state index contributed by atoms with van der Waals surface area (Å²) in [7, 11) is 0. The molecular weight excluding hydrogens is 234 g/mol. The Morgan fingerprint density at radius 2 is 2.11 bits per heavy atom. The van der Waals surface area contributed by atoms with Gasteiger partial charge < -0.3 is 14.7 Å². The quantitative estimate of drug-likeness (QED) is 0.751. The Hall–Kier alpha value is -1.10.